The Morgan fingerprint density at radius 2 is 2.50 bits per heavy atom. The largest absolute Gasteiger partial charge is 0.394 e. The quantitative estimate of drug-likeness (QED) is 0.571. The average molecular weight is 253 g/mol. The van der Waals surface area contributed by atoms with E-state index < -0.39 is 0 Å². The second-order valence-corrected chi connectivity index (χ2v) is 4.43. The number of aliphatic hydroxyl groups is 1. The lowest BCUT2D eigenvalue weighted by Gasteiger charge is -2.33. The summed E-state index contributed by atoms with van der Waals surface area (Å²) >= 11 is 0. The minimum Gasteiger partial charge on any atom is -0.394 e. The van der Waals surface area contributed by atoms with Crippen molar-refractivity contribution in [2.75, 3.05) is 26.2 Å². The van der Waals surface area contributed by atoms with Crippen LogP contribution >= 0.6 is 0 Å². The molecule has 0 aromatic carbocycles. The Balaban J connectivity index is 1.99. The number of carbonyl (C=O) groups is 1. The fourth-order valence-electron chi connectivity index (χ4n) is 2.16. The SMILES string of the molecule is NC(=O)C1CNCCN1Cc1cnn(CCO)c1. The van der Waals surface area contributed by atoms with Gasteiger partial charge in [-0.3, -0.25) is 14.4 Å². The van der Waals surface area contributed by atoms with E-state index in [1.165, 1.54) is 0 Å². The third-order valence-electron chi connectivity index (χ3n) is 3.08. The molecule has 1 fully saturated rings. The first-order valence-electron chi connectivity index (χ1n) is 6.07. The fraction of sp³-hybridized carbons (Fsp3) is 0.636. The van der Waals surface area contributed by atoms with Crippen molar-refractivity contribution in [2.45, 2.75) is 19.1 Å². The van der Waals surface area contributed by atoms with Crippen LogP contribution in [0, 0.1) is 0 Å². The van der Waals surface area contributed by atoms with Gasteiger partial charge in [-0.15, -0.1) is 0 Å². The van der Waals surface area contributed by atoms with Crippen LogP contribution in [0.1, 0.15) is 5.56 Å². The number of carbonyl (C=O) groups excluding carboxylic acids is 1. The molecule has 0 saturated carbocycles. The van der Waals surface area contributed by atoms with Crippen molar-refractivity contribution in [1.29, 1.82) is 0 Å². The van der Waals surface area contributed by atoms with Crippen LogP contribution < -0.4 is 11.1 Å². The maximum Gasteiger partial charge on any atom is 0.236 e. The number of nitrogens with one attached hydrogen (secondary N) is 1. The molecule has 0 aliphatic carbocycles. The lowest BCUT2D eigenvalue weighted by molar-refractivity contribution is -0.124. The predicted molar refractivity (Wildman–Crippen MR) is 65.6 cm³/mol. The highest BCUT2D eigenvalue weighted by Crippen LogP contribution is 2.09. The number of nitrogens with zero attached hydrogens (tertiary/aromatic N) is 3. The van der Waals surface area contributed by atoms with Gasteiger partial charge in [-0.05, 0) is 0 Å². The Morgan fingerprint density at radius 3 is 3.22 bits per heavy atom. The third-order valence-corrected chi connectivity index (χ3v) is 3.08. The highest BCUT2D eigenvalue weighted by molar-refractivity contribution is 5.80. The molecule has 2 heterocycles. The Labute approximate surface area is 106 Å². The minimum absolute atomic E-state index is 0.0681. The zero-order valence-electron chi connectivity index (χ0n) is 10.2. The molecule has 18 heavy (non-hydrogen) atoms. The maximum absolute atomic E-state index is 11.3. The fourth-order valence-corrected chi connectivity index (χ4v) is 2.16. The molecule has 1 aromatic heterocycles. The zero-order chi connectivity index (χ0) is 13.0. The molecular weight excluding hydrogens is 234 g/mol. The molecule has 1 aliphatic heterocycles. The van der Waals surface area contributed by atoms with Gasteiger partial charge in [-0.25, -0.2) is 0 Å². The van der Waals surface area contributed by atoms with E-state index in [-0.39, 0.29) is 18.6 Å². The summed E-state index contributed by atoms with van der Waals surface area (Å²) in [5.74, 6) is -0.301. The van der Waals surface area contributed by atoms with Crippen molar-refractivity contribution in [3.8, 4) is 0 Å². The van der Waals surface area contributed by atoms with Gasteiger partial charge in [0.1, 0.15) is 6.04 Å². The molecule has 7 heteroatoms. The monoisotopic (exact) mass is 253 g/mol. The Kier molecular flexibility index (Phi) is 4.29. The molecule has 7 nitrogen and oxygen atoms in total. The summed E-state index contributed by atoms with van der Waals surface area (Å²) in [6.07, 6.45) is 3.64. The average Bonchev–Trinajstić information content (AvgIpc) is 2.77. The van der Waals surface area contributed by atoms with Crippen LogP contribution in [0.15, 0.2) is 12.4 Å². The summed E-state index contributed by atoms with van der Waals surface area (Å²) in [7, 11) is 0. The van der Waals surface area contributed by atoms with Crippen molar-refractivity contribution in [2.24, 2.45) is 5.73 Å². The molecule has 100 valence electrons. The first-order chi connectivity index (χ1) is 8.70. The van der Waals surface area contributed by atoms with Gasteiger partial charge in [0.15, 0.2) is 0 Å². The standard InChI is InChI=1S/C11H19N5O2/c12-11(18)10-6-13-1-2-15(10)7-9-5-14-16(8-9)3-4-17/h5,8,10,13,17H,1-4,6-7H2,(H2,12,18). The molecule has 2 rings (SSSR count). The first-order valence-corrected chi connectivity index (χ1v) is 6.07. The summed E-state index contributed by atoms with van der Waals surface area (Å²) in [5.41, 5.74) is 6.41. The van der Waals surface area contributed by atoms with E-state index in [9.17, 15) is 4.79 Å². The molecule has 1 amide bonds. The highest BCUT2D eigenvalue weighted by Gasteiger charge is 2.26. The van der Waals surface area contributed by atoms with Crippen molar-refractivity contribution in [3.05, 3.63) is 18.0 Å². The van der Waals surface area contributed by atoms with Crippen LogP contribution in [-0.2, 0) is 17.9 Å². The van der Waals surface area contributed by atoms with Gasteiger partial charge in [-0.1, -0.05) is 0 Å². The summed E-state index contributed by atoms with van der Waals surface area (Å²) in [6.45, 7) is 3.45. The second-order valence-electron chi connectivity index (χ2n) is 4.43. The maximum atomic E-state index is 11.3. The van der Waals surface area contributed by atoms with Crippen LogP contribution in [0.5, 0.6) is 0 Å². The summed E-state index contributed by atoms with van der Waals surface area (Å²) < 4.78 is 1.69. The number of amides is 1. The molecule has 1 aromatic rings. The minimum atomic E-state index is -0.301. The van der Waals surface area contributed by atoms with Crippen molar-refractivity contribution in [1.82, 2.24) is 20.0 Å². The van der Waals surface area contributed by atoms with Gasteiger partial charge in [0.2, 0.25) is 5.91 Å². The number of hydrogen-bond acceptors (Lipinski definition) is 5. The van der Waals surface area contributed by atoms with E-state index in [1.807, 2.05) is 6.20 Å². The van der Waals surface area contributed by atoms with Crippen LogP contribution in [0.3, 0.4) is 0 Å². The van der Waals surface area contributed by atoms with Crippen molar-refractivity contribution in [3.63, 3.8) is 0 Å². The van der Waals surface area contributed by atoms with E-state index in [2.05, 4.69) is 15.3 Å². The third kappa shape index (κ3) is 3.06. The van der Waals surface area contributed by atoms with E-state index in [0.717, 1.165) is 18.7 Å². The lowest BCUT2D eigenvalue weighted by Crippen LogP contribution is -2.56. The van der Waals surface area contributed by atoms with Crippen LogP contribution in [-0.4, -0.2) is 58.0 Å². The zero-order valence-corrected chi connectivity index (χ0v) is 10.2. The van der Waals surface area contributed by atoms with Crippen molar-refractivity contribution < 1.29 is 9.90 Å². The second kappa shape index (κ2) is 5.94. The van der Waals surface area contributed by atoms with Gasteiger partial charge in [-0.2, -0.15) is 5.10 Å². The molecule has 1 unspecified atom stereocenters. The van der Waals surface area contributed by atoms with E-state index in [1.54, 1.807) is 10.9 Å². The number of rotatable bonds is 5. The molecule has 1 atom stereocenters. The molecule has 4 N–H and O–H groups in total. The molecular formula is C11H19N5O2. The summed E-state index contributed by atoms with van der Waals surface area (Å²) in [6, 6.07) is -0.264. The van der Waals surface area contributed by atoms with Crippen molar-refractivity contribution >= 4 is 5.91 Å². The van der Waals surface area contributed by atoms with Gasteiger partial charge >= 0.3 is 0 Å². The molecule has 0 radical (unpaired) electrons. The Morgan fingerprint density at radius 1 is 1.67 bits per heavy atom. The van der Waals surface area contributed by atoms with E-state index >= 15 is 0 Å². The normalized spacial score (nSPS) is 21.1. The number of piperazine rings is 1. The molecule has 0 spiro atoms. The number of nitrogens with two attached hydrogens (primary N) is 1. The number of hydrogen-bond donors (Lipinski definition) is 3. The molecule has 0 bridgehead atoms. The first kappa shape index (κ1) is 13.0. The van der Waals surface area contributed by atoms with E-state index in [0.29, 0.717) is 19.6 Å². The van der Waals surface area contributed by atoms with Crippen LogP contribution in [0.4, 0.5) is 0 Å². The summed E-state index contributed by atoms with van der Waals surface area (Å²) in [4.78, 5) is 13.4. The van der Waals surface area contributed by atoms with Gasteiger partial charge < -0.3 is 16.2 Å². The topological polar surface area (TPSA) is 96.4 Å². The van der Waals surface area contributed by atoms with Gasteiger partial charge in [0, 0.05) is 37.9 Å². The highest BCUT2D eigenvalue weighted by atomic mass is 16.3. The molecule has 1 saturated heterocycles. The number of aliphatic hydroxyl groups excluding tert-OH is 1. The van der Waals surface area contributed by atoms with Gasteiger partial charge in [0.25, 0.3) is 0 Å². The van der Waals surface area contributed by atoms with Crippen LogP contribution in [0.2, 0.25) is 0 Å². The number of aromatic nitrogens is 2. The number of primary amides is 1. The Hall–Kier alpha value is -1.44. The Bertz CT molecular complexity index is 406. The van der Waals surface area contributed by atoms with Gasteiger partial charge in [0.05, 0.1) is 19.3 Å². The van der Waals surface area contributed by atoms with Crippen LogP contribution in [0.25, 0.3) is 0 Å². The smallest absolute Gasteiger partial charge is 0.236 e. The van der Waals surface area contributed by atoms with E-state index in [4.69, 9.17) is 10.8 Å². The lowest BCUT2D eigenvalue weighted by atomic mass is 10.1. The predicted octanol–water partition coefficient (Wildman–Crippen LogP) is -1.87. The summed E-state index contributed by atoms with van der Waals surface area (Å²) in [5, 5.41) is 16.1. The molecule has 1 aliphatic rings.